The van der Waals surface area contributed by atoms with Crippen LogP contribution in [-0.2, 0) is 4.79 Å². The number of carbonyl (C=O) groups is 1. The highest BCUT2D eigenvalue weighted by Crippen LogP contribution is 2.25. The van der Waals surface area contributed by atoms with E-state index in [9.17, 15) is 14.9 Å². The molecule has 0 spiro atoms. The van der Waals surface area contributed by atoms with Crippen molar-refractivity contribution < 1.29 is 9.72 Å². The Hall–Kier alpha value is -2.42. The molecule has 0 bridgehead atoms. The molecule has 1 amide bonds. The van der Waals surface area contributed by atoms with Crippen molar-refractivity contribution in [2.24, 2.45) is 0 Å². The van der Waals surface area contributed by atoms with E-state index in [1.807, 2.05) is 0 Å². The standard InChI is InChI=1S/C11H11N5O3S/c1-7(10(17)14-11-12-6-13-15-11)20-9-4-2-8(3-5-9)16(18)19/h2-7H,1H3,(H2,12,13,14,15,17). The number of hydrogen-bond donors (Lipinski definition) is 2. The number of rotatable bonds is 5. The molecule has 0 aliphatic heterocycles. The Morgan fingerprint density at radius 3 is 2.70 bits per heavy atom. The lowest BCUT2D eigenvalue weighted by Gasteiger charge is -2.10. The molecule has 0 radical (unpaired) electrons. The topological polar surface area (TPSA) is 114 Å². The van der Waals surface area contributed by atoms with Gasteiger partial charge in [0, 0.05) is 17.0 Å². The minimum atomic E-state index is -0.464. The molecule has 0 aliphatic rings. The highest BCUT2D eigenvalue weighted by Gasteiger charge is 2.16. The number of nitro benzene ring substituents is 1. The second-order valence-electron chi connectivity index (χ2n) is 3.83. The normalized spacial score (nSPS) is 11.8. The lowest BCUT2D eigenvalue weighted by Crippen LogP contribution is -2.23. The van der Waals surface area contributed by atoms with Crippen molar-refractivity contribution in [2.75, 3.05) is 5.32 Å². The van der Waals surface area contributed by atoms with Crippen LogP contribution in [0.15, 0.2) is 35.5 Å². The Morgan fingerprint density at radius 1 is 1.45 bits per heavy atom. The molecule has 1 unspecified atom stereocenters. The molecule has 104 valence electrons. The number of nitrogens with one attached hydrogen (secondary N) is 2. The Kier molecular flexibility index (Phi) is 4.31. The average Bonchev–Trinajstić information content (AvgIpc) is 2.92. The minimum Gasteiger partial charge on any atom is -0.294 e. The second-order valence-corrected chi connectivity index (χ2v) is 5.25. The van der Waals surface area contributed by atoms with Gasteiger partial charge < -0.3 is 0 Å². The predicted molar refractivity (Wildman–Crippen MR) is 73.4 cm³/mol. The van der Waals surface area contributed by atoms with Crippen LogP contribution in [0, 0.1) is 10.1 Å². The van der Waals surface area contributed by atoms with Crippen molar-refractivity contribution in [3.05, 3.63) is 40.7 Å². The number of amides is 1. The van der Waals surface area contributed by atoms with Crippen molar-refractivity contribution >= 4 is 29.3 Å². The molecular formula is C11H11N5O3S. The quantitative estimate of drug-likeness (QED) is 0.494. The maximum absolute atomic E-state index is 11.9. The van der Waals surface area contributed by atoms with Gasteiger partial charge in [0.1, 0.15) is 6.33 Å². The van der Waals surface area contributed by atoms with E-state index in [4.69, 9.17) is 0 Å². The number of H-pyrrole nitrogens is 1. The zero-order chi connectivity index (χ0) is 14.5. The Bertz CT molecular complexity index is 599. The predicted octanol–water partition coefficient (Wildman–Crippen LogP) is 1.83. The summed E-state index contributed by atoms with van der Waals surface area (Å²) in [5.74, 6) is 0.0521. The first-order valence-electron chi connectivity index (χ1n) is 5.63. The van der Waals surface area contributed by atoms with Crippen LogP contribution in [0.25, 0.3) is 0 Å². The minimum absolute atomic E-state index is 0.0214. The van der Waals surface area contributed by atoms with E-state index in [2.05, 4.69) is 20.5 Å². The summed E-state index contributed by atoms with van der Waals surface area (Å²) in [4.78, 5) is 26.5. The lowest BCUT2D eigenvalue weighted by molar-refractivity contribution is -0.384. The summed E-state index contributed by atoms with van der Waals surface area (Å²) in [5, 5.41) is 18.9. The summed E-state index contributed by atoms with van der Waals surface area (Å²) in [6, 6.07) is 6.04. The SMILES string of the molecule is CC(Sc1ccc([N+](=O)[O-])cc1)C(=O)Nc1ncn[nH]1. The molecule has 2 N–H and O–H groups in total. The van der Waals surface area contributed by atoms with Gasteiger partial charge in [-0.15, -0.1) is 11.8 Å². The zero-order valence-corrected chi connectivity index (χ0v) is 11.3. The van der Waals surface area contributed by atoms with Crippen LogP contribution in [0.4, 0.5) is 11.6 Å². The van der Waals surface area contributed by atoms with E-state index in [1.165, 1.54) is 30.2 Å². The van der Waals surface area contributed by atoms with Gasteiger partial charge in [-0.25, -0.2) is 5.10 Å². The number of aromatic nitrogens is 3. The van der Waals surface area contributed by atoms with Gasteiger partial charge in [-0.1, -0.05) is 0 Å². The summed E-state index contributed by atoms with van der Waals surface area (Å²) in [7, 11) is 0. The first-order chi connectivity index (χ1) is 9.56. The first kappa shape index (κ1) is 14.0. The molecule has 9 heteroatoms. The van der Waals surface area contributed by atoms with Gasteiger partial charge in [-0.2, -0.15) is 10.1 Å². The number of carbonyl (C=O) groups excluding carboxylic acids is 1. The molecule has 1 aromatic carbocycles. The average molecular weight is 293 g/mol. The molecule has 0 aliphatic carbocycles. The number of anilines is 1. The van der Waals surface area contributed by atoms with Crippen LogP contribution >= 0.6 is 11.8 Å². The van der Waals surface area contributed by atoms with Gasteiger partial charge in [0.05, 0.1) is 10.2 Å². The molecule has 0 fully saturated rings. The van der Waals surface area contributed by atoms with Crippen LogP contribution in [0.2, 0.25) is 0 Å². The Labute approximate surface area is 118 Å². The maximum atomic E-state index is 11.9. The third kappa shape index (κ3) is 3.54. The maximum Gasteiger partial charge on any atom is 0.269 e. The second kappa shape index (κ2) is 6.15. The summed E-state index contributed by atoms with van der Waals surface area (Å²) in [6.45, 7) is 1.73. The van der Waals surface area contributed by atoms with Gasteiger partial charge in [0.15, 0.2) is 0 Å². The highest BCUT2D eigenvalue weighted by molar-refractivity contribution is 8.00. The molecule has 0 saturated carbocycles. The van der Waals surface area contributed by atoms with Gasteiger partial charge in [0.2, 0.25) is 11.9 Å². The van der Waals surface area contributed by atoms with Gasteiger partial charge >= 0.3 is 0 Å². The Balaban J connectivity index is 1.95. The number of aromatic amines is 1. The van der Waals surface area contributed by atoms with E-state index in [0.717, 1.165) is 4.90 Å². The molecule has 2 aromatic rings. The van der Waals surface area contributed by atoms with Crippen molar-refractivity contribution in [1.29, 1.82) is 0 Å². The molecule has 0 saturated heterocycles. The number of nitro groups is 1. The molecule has 2 rings (SSSR count). The Morgan fingerprint density at radius 2 is 2.15 bits per heavy atom. The fourth-order valence-electron chi connectivity index (χ4n) is 1.39. The molecule has 1 aromatic heterocycles. The number of non-ortho nitro benzene ring substituents is 1. The van der Waals surface area contributed by atoms with Crippen molar-refractivity contribution in [3.8, 4) is 0 Å². The van der Waals surface area contributed by atoms with E-state index >= 15 is 0 Å². The smallest absolute Gasteiger partial charge is 0.269 e. The summed E-state index contributed by atoms with van der Waals surface area (Å²) in [6.07, 6.45) is 1.30. The monoisotopic (exact) mass is 293 g/mol. The van der Waals surface area contributed by atoms with Crippen molar-refractivity contribution in [2.45, 2.75) is 17.1 Å². The van der Waals surface area contributed by atoms with Crippen LogP contribution < -0.4 is 5.32 Å². The molecule has 1 atom stereocenters. The van der Waals surface area contributed by atoms with E-state index in [0.29, 0.717) is 0 Å². The van der Waals surface area contributed by atoms with E-state index in [-0.39, 0.29) is 22.8 Å². The molecule has 20 heavy (non-hydrogen) atoms. The van der Waals surface area contributed by atoms with Gasteiger partial charge in [-0.05, 0) is 19.1 Å². The van der Waals surface area contributed by atoms with Gasteiger partial charge in [-0.3, -0.25) is 20.2 Å². The van der Waals surface area contributed by atoms with Gasteiger partial charge in [0.25, 0.3) is 5.69 Å². The number of benzene rings is 1. The van der Waals surface area contributed by atoms with Crippen LogP contribution in [-0.4, -0.2) is 31.3 Å². The third-order valence-corrected chi connectivity index (χ3v) is 3.50. The van der Waals surface area contributed by atoms with E-state index < -0.39 is 4.92 Å². The van der Waals surface area contributed by atoms with Crippen LogP contribution in [0.5, 0.6) is 0 Å². The highest BCUT2D eigenvalue weighted by atomic mass is 32.2. The fraction of sp³-hybridized carbons (Fsp3) is 0.182. The van der Waals surface area contributed by atoms with Crippen LogP contribution in [0.3, 0.4) is 0 Å². The number of hydrogen-bond acceptors (Lipinski definition) is 6. The first-order valence-corrected chi connectivity index (χ1v) is 6.51. The fourth-order valence-corrected chi connectivity index (χ4v) is 2.26. The number of nitrogens with zero attached hydrogens (tertiary/aromatic N) is 3. The lowest BCUT2D eigenvalue weighted by atomic mass is 10.3. The summed E-state index contributed by atoms with van der Waals surface area (Å²) in [5.41, 5.74) is 0.0214. The molecular weight excluding hydrogens is 282 g/mol. The summed E-state index contributed by atoms with van der Waals surface area (Å²) < 4.78 is 0. The largest absolute Gasteiger partial charge is 0.294 e. The van der Waals surface area contributed by atoms with Crippen molar-refractivity contribution in [1.82, 2.24) is 15.2 Å². The van der Waals surface area contributed by atoms with Crippen LogP contribution in [0.1, 0.15) is 6.92 Å². The number of thioether (sulfide) groups is 1. The van der Waals surface area contributed by atoms with Crippen molar-refractivity contribution in [3.63, 3.8) is 0 Å². The third-order valence-electron chi connectivity index (χ3n) is 2.39. The summed E-state index contributed by atoms with van der Waals surface area (Å²) >= 11 is 1.30. The zero-order valence-electron chi connectivity index (χ0n) is 10.4. The van der Waals surface area contributed by atoms with E-state index in [1.54, 1.807) is 19.1 Å². The molecule has 1 heterocycles. The molecule has 8 nitrogen and oxygen atoms in total.